The Labute approximate surface area is 362 Å². The lowest BCUT2D eigenvalue weighted by molar-refractivity contribution is 0.673. The Balaban J connectivity index is 1.09. The first kappa shape index (κ1) is 35.2. The van der Waals surface area contributed by atoms with Crippen LogP contribution in [0.1, 0.15) is 0 Å². The Hall–Kier alpha value is -8.54. The highest BCUT2D eigenvalue weighted by molar-refractivity contribution is 6.24. The highest BCUT2D eigenvalue weighted by Crippen LogP contribution is 2.44. The lowest BCUT2D eigenvalue weighted by Gasteiger charge is -2.17. The number of fused-ring (bicyclic) bond motifs is 10. The maximum Gasteiger partial charge on any atom is 0.160 e. The van der Waals surface area contributed by atoms with E-state index in [4.69, 9.17) is 14.4 Å². The van der Waals surface area contributed by atoms with E-state index in [1.54, 1.807) is 0 Å². The van der Waals surface area contributed by atoms with Gasteiger partial charge < -0.3 is 13.6 Å². The van der Waals surface area contributed by atoms with Gasteiger partial charge in [0.15, 0.2) is 5.82 Å². The van der Waals surface area contributed by atoms with Gasteiger partial charge in [-0.3, -0.25) is 0 Å². The molecule has 5 nitrogen and oxygen atoms in total. The summed E-state index contributed by atoms with van der Waals surface area (Å²) < 4.78 is 11.5. The summed E-state index contributed by atoms with van der Waals surface area (Å²) >= 11 is 0. The van der Waals surface area contributed by atoms with Gasteiger partial charge in [0.05, 0.1) is 44.5 Å². The fourth-order valence-corrected chi connectivity index (χ4v) is 9.70. The van der Waals surface area contributed by atoms with Crippen LogP contribution in [-0.4, -0.2) is 19.1 Å². The highest BCUT2D eigenvalue weighted by atomic mass is 16.3. The Kier molecular flexibility index (Phi) is 7.84. The van der Waals surface area contributed by atoms with Gasteiger partial charge in [0, 0.05) is 54.9 Å². The van der Waals surface area contributed by atoms with Crippen LogP contribution in [0.2, 0.25) is 0 Å². The van der Waals surface area contributed by atoms with Crippen LogP contribution >= 0.6 is 0 Å². The van der Waals surface area contributed by atoms with Gasteiger partial charge in [-0.2, -0.15) is 0 Å². The minimum Gasteiger partial charge on any atom is -0.455 e. The monoisotopic (exact) mass is 804 g/mol. The summed E-state index contributed by atoms with van der Waals surface area (Å²) in [6.07, 6.45) is 0. The van der Waals surface area contributed by atoms with Gasteiger partial charge in [-0.05, 0) is 72.3 Å². The SMILES string of the molecule is c1ccc(-c2cc(-c3ccc(-n4c5ccccc5c5c6oc7ccccc7c6ccc54)c(-c4cccc(-n5c6ccccc6c6ccccc65)c4)c3)nc(-c3ccccc3)n2)cc1. The average molecular weight is 805 g/mol. The van der Waals surface area contributed by atoms with Crippen LogP contribution < -0.4 is 0 Å². The summed E-state index contributed by atoms with van der Waals surface area (Å²) in [4.78, 5) is 10.4. The Morgan fingerprint density at radius 3 is 1.67 bits per heavy atom. The quantitative estimate of drug-likeness (QED) is 0.168. The molecule has 0 saturated heterocycles. The Bertz CT molecular complexity index is 3800. The van der Waals surface area contributed by atoms with Gasteiger partial charge in [0.2, 0.25) is 0 Å². The third kappa shape index (κ3) is 5.57. The molecular formula is C58H36N4O. The molecule has 0 radical (unpaired) electrons. The third-order valence-electron chi connectivity index (χ3n) is 12.5. The predicted octanol–water partition coefficient (Wildman–Crippen LogP) is 15.2. The van der Waals surface area contributed by atoms with Crippen LogP contribution in [0.25, 0.3) is 122 Å². The van der Waals surface area contributed by atoms with E-state index in [0.717, 1.165) is 94.3 Å². The molecule has 0 N–H and O–H groups in total. The first-order chi connectivity index (χ1) is 31.2. The van der Waals surface area contributed by atoms with E-state index in [-0.39, 0.29) is 0 Å². The number of hydrogen-bond donors (Lipinski definition) is 0. The topological polar surface area (TPSA) is 48.8 Å². The van der Waals surface area contributed by atoms with E-state index in [2.05, 4.69) is 197 Å². The second-order valence-electron chi connectivity index (χ2n) is 16.1. The second kappa shape index (κ2) is 14.0. The zero-order valence-electron chi connectivity index (χ0n) is 34.0. The van der Waals surface area contributed by atoms with Crippen molar-refractivity contribution in [2.45, 2.75) is 0 Å². The lowest BCUT2D eigenvalue weighted by atomic mass is 9.97. The highest BCUT2D eigenvalue weighted by Gasteiger charge is 2.22. The summed E-state index contributed by atoms with van der Waals surface area (Å²) in [6.45, 7) is 0. The maximum atomic E-state index is 6.71. The minimum absolute atomic E-state index is 0.684. The lowest BCUT2D eigenvalue weighted by Crippen LogP contribution is -2.00. The first-order valence-electron chi connectivity index (χ1n) is 21.3. The molecule has 0 aliphatic rings. The van der Waals surface area contributed by atoms with Gasteiger partial charge in [0.25, 0.3) is 0 Å². The molecule has 0 aliphatic carbocycles. The molecule has 9 aromatic carbocycles. The van der Waals surface area contributed by atoms with Crippen molar-refractivity contribution in [3.63, 3.8) is 0 Å². The molecule has 0 bridgehead atoms. The van der Waals surface area contributed by atoms with E-state index >= 15 is 0 Å². The van der Waals surface area contributed by atoms with E-state index in [0.29, 0.717) is 5.82 Å². The van der Waals surface area contributed by atoms with E-state index < -0.39 is 0 Å². The van der Waals surface area contributed by atoms with Crippen LogP contribution in [0.3, 0.4) is 0 Å². The molecule has 0 atom stereocenters. The van der Waals surface area contributed by atoms with Crippen LogP contribution in [0.5, 0.6) is 0 Å². The van der Waals surface area contributed by atoms with Gasteiger partial charge in [0.1, 0.15) is 11.2 Å². The number of aromatic nitrogens is 4. The fourth-order valence-electron chi connectivity index (χ4n) is 9.70. The van der Waals surface area contributed by atoms with Gasteiger partial charge in [-0.25, -0.2) is 9.97 Å². The molecule has 0 unspecified atom stereocenters. The molecule has 294 valence electrons. The number of rotatable bonds is 6. The number of benzene rings is 9. The van der Waals surface area contributed by atoms with Crippen LogP contribution in [0.15, 0.2) is 223 Å². The normalized spacial score (nSPS) is 11.8. The van der Waals surface area contributed by atoms with Gasteiger partial charge >= 0.3 is 0 Å². The summed E-state index contributed by atoms with van der Waals surface area (Å²) in [5.41, 5.74) is 15.3. The third-order valence-corrected chi connectivity index (χ3v) is 12.5. The van der Waals surface area contributed by atoms with Crippen molar-refractivity contribution in [1.82, 2.24) is 19.1 Å². The Morgan fingerprint density at radius 2 is 0.937 bits per heavy atom. The second-order valence-corrected chi connectivity index (χ2v) is 16.1. The standard InChI is InChI=1S/C58H36N4O/c1-3-16-37(17-4-1)48-36-49(60-58(59-48)38-18-5-2-6-19-38)40-30-32-53(62-52-28-13-9-25-46(52)56-54(62)33-31-45-44-24-10-14-29-55(44)63-57(45)56)47(35-40)39-20-15-21-41(34-39)61-50-26-11-7-22-42(50)43-23-8-12-27-51(43)61/h1-36H. The largest absolute Gasteiger partial charge is 0.455 e. The number of para-hydroxylation sites is 4. The molecule has 0 saturated carbocycles. The minimum atomic E-state index is 0.684. The number of nitrogens with zero attached hydrogens (tertiary/aromatic N) is 4. The van der Waals surface area contributed by atoms with Crippen LogP contribution in [0, 0.1) is 0 Å². The fraction of sp³-hybridized carbons (Fsp3) is 0. The average Bonchev–Trinajstić information content (AvgIpc) is 4.02. The van der Waals surface area contributed by atoms with Crippen molar-refractivity contribution in [2.75, 3.05) is 0 Å². The van der Waals surface area contributed by atoms with E-state index in [1.807, 2.05) is 30.3 Å². The van der Waals surface area contributed by atoms with Crippen LogP contribution in [0.4, 0.5) is 0 Å². The van der Waals surface area contributed by atoms with Crippen molar-refractivity contribution < 1.29 is 4.42 Å². The summed E-state index contributed by atoms with van der Waals surface area (Å²) in [5.74, 6) is 0.684. The summed E-state index contributed by atoms with van der Waals surface area (Å²) in [7, 11) is 0. The number of furan rings is 1. The zero-order valence-corrected chi connectivity index (χ0v) is 34.0. The molecule has 13 aromatic rings. The van der Waals surface area contributed by atoms with Crippen molar-refractivity contribution in [3.05, 3.63) is 218 Å². The van der Waals surface area contributed by atoms with E-state index in [9.17, 15) is 0 Å². The maximum absolute atomic E-state index is 6.71. The molecule has 63 heavy (non-hydrogen) atoms. The molecule has 13 rings (SSSR count). The van der Waals surface area contributed by atoms with Gasteiger partial charge in [-0.15, -0.1) is 0 Å². The van der Waals surface area contributed by atoms with Crippen molar-refractivity contribution in [3.8, 4) is 56.4 Å². The molecule has 0 spiro atoms. The molecule has 4 heterocycles. The Morgan fingerprint density at radius 1 is 0.349 bits per heavy atom. The number of hydrogen-bond acceptors (Lipinski definition) is 3. The zero-order chi connectivity index (χ0) is 41.4. The summed E-state index contributed by atoms with van der Waals surface area (Å²) in [6, 6.07) is 77.3. The molecule has 0 amide bonds. The molecule has 4 aromatic heterocycles. The van der Waals surface area contributed by atoms with Crippen molar-refractivity contribution in [2.24, 2.45) is 0 Å². The molecule has 5 heteroatoms. The van der Waals surface area contributed by atoms with Crippen LogP contribution in [-0.2, 0) is 0 Å². The molecule has 0 fully saturated rings. The summed E-state index contributed by atoms with van der Waals surface area (Å²) in [5, 5.41) is 6.94. The van der Waals surface area contributed by atoms with Gasteiger partial charge in [-0.1, -0.05) is 152 Å². The smallest absolute Gasteiger partial charge is 0.160 e. The molecule has 0 aliphatic heterocycles. The van der Waals surface area contributed by atoms with E-state index in [1.165, 1.54) is 21.8 Å². The first-order valence-corrected chi connectivity index (χ1v) is 21.3. The van der Waals surface area contributed by atoms with Crippen molar-refractivity contribution >= 4 is 65.6 Å². The molecular weight excluding hydrogens is 769 g/mol. The predicted molar refractivity (Wildman–Crippen MR) is 260 cm³/mol. The van der Waals surface area contributed by atoms with Crippen molar-refractivity contribution in [1.29, 1.82) is 0 Å².